The highest BCUT2D eigenvalue weighted by atomic mass is 15.4. The fourth-order valence-electron chi connectivity index (χ4n) is 4.77. The molecule has 0 aromatic heterocycles. The first kappa shape index (κ1) is 16.3. The Morgan fingerprint density at radius 1 is 1.13 bits per heavy atom. The largest absolute Gasteiger partial charge is 0.346 e. The fourth-order valence-corrected chi connectivity index (χ4v) is 4.77. The van der Waals surface area contributed by atoms with E-state index in [1.54, 1.807) is 0 Å². The van der Waals surface area contributed by atoms with Crippen molar-refractivity contribution in [2.24, 2.45) is 5.41 Å². The minimum absolute atomic E-state index is 0.0184. The number of allylic oxidation sites excluding steroid dienone is 1. The van der Waals surface area contributed by atoms with Gasteiger partial charge in [-0.05, 0) is 44.4 Å². The zero-order valence-corrected chi connectivity index (χ0v) is 15.3. The quantitative estimate of drug-likeness (QED) is 0.751. The first-order valence-corrected chi connectivity index (χ1v) is 8.59. The predicted octanol–water partition coefficient (Wildman–Crippen LogP) is 4.58. The van der Waals surface area contributed by atoms with E-state index in [9.17, 15) is 0 Å². The van der Waals surface area contributed by atoms with E-state index in [2.05, 4.69) is 94.1 Å². The number of para-hydroxylation sites is 1. The monoisotopic (exact) mass is 310 g/mol. The maximum Gasteiger partial charge on any atom is 0.0934 e. The number of likely N-dealkylation sites (tertiary alicyclic amines) is 1. The molecular weight excluding hydrogens is 280 g/mol. The van der Waals surface area contributed by atoms with Crippen LogP contribution < -0.4 is 4.90 Å². The second kappa shape index (κ2) is 4.98. The molecule has 1 aromatic rings. The summed E-state index contributed by atoms with van der Waals surface area (Å²) in [6.45, 7) is 18.6. The van der Waals surface area contributed by atoms with E-state index in [-0.39, 0.29) is 16.4 Å². The number of hydrogen-bond acceptors (Lipinski definition) is 2. The Morgan fingerprint density at radius 3 is 2.39 bits per heavy atom. The van der Waals surface area contributed by atoms with Gasteiger partial charge in [-0.2, -0.15) is 0 Å². The number of benzene rings is 1. The van der Waals surface area contributed by atoms with E-state index in [0.29, 0.717) is 6.17 Å². The Bertz CT molecular complexity index is 643. The molecule has 0 saturated carbocycles. The van der Waals surface area contributed by atoms with Crippen molar-refractivity contribution in [2.45, 2.75) is 51.2 Å². The standard InChI is InChI=1S/C21H30N2/c1-8-19(3,4)21-14-15-22(7)18(21)23(20(5,6)9-2)17-13-11-10-12-16(17)21/h8-13,18H,1-2,14-15H2,3-7H3/t18-,21-/m1/s1. The number of fused-ring (bicyclic) bond motifs is 3. The molecule has 2 atom stereocenters. The van der Waals surface area contributed by atoms with Gasteiger partial charge in [-0.15, -0.1) is 13.2 Å². The summed E-state index contributed by atoms with van der Waals surface area (Å²) < 4.78 is 0. The average Bonchev–Trinajstić information content (AvgIpc) is 3.03. The summed E-state index contributed by atoms with van der Waals surface area (Å²) in [4.78, 5) is 5.09. The van der Waals surface area contributed by atoms with E-state index in [1.807, 2.05) is 0 Å². The van der Waals surface area contributed by atoms with Crippen LogP contribution in [0.2, 0.25) is 0 Å². The Labute approximate surface area is 141 Å². The van der Waals surface area contributed by atoms with Crippen molar-refractivity contribution in [2.75, 3.05) is 18.5 Å². The summed E-state index contributed by atoms with van der Waals surface area (Å²) in [6, 6.07) is 8.93. The third kappa shape index (κ3) is 1.91. The molecule has 1 aromatic carbocycles. The topological polar surface area (TPSA) is 6.48 Å². The fraction of sp³-hybridized carbons (Fsp3) is 0.524. The maximum absolute atomic E-state index is 4.18. The Balaban J connectivity index is 2.33. The lowest BCUT2D eigenvalue weighted by molar-refractivity contribution is 0.148. The molecule has 1 fully saturated rings. The molecule has 0 amide bonds. The van der Waals surface area contributed by atoms with Gasteiger partial charge in [0.25, 0.3) is 0 Å². The first-order valence-electron chi connectivity index (χ1n) is 8.59. The smallest absolute Gasteiger partial charge is 0.0934 e. The third-order valence-electron chi connectivity index (χ3n) is 6.39. The molecule has 2 heteroatoms. The lowest BCUT2D eigenvalue weighted by Gasteiger charge is -2.49. The number of nitrogens with zero attached hydrogens (tertiary/aromatic N) is 2. The molecule has 0 aliphatic carbocycles. The van der Waals surface area contributed by atoms with Crippen LogP contribution in [-0.2, 0) is 5.41 Å². The van der Waals surface area contributed by atoms with Crippen molar-refractivity contribution >= 4 is 5.69 Å². The number of hydrogen-bond donors (Lipinski definition) is 0. The molecule has 3 rings (SSSR count). The molecule has 2 heterocycles. The second-order valence-corrected chi connectivity index (χ2v) is 8.25. The number of rotatable bonds is 4. The number of likely N-dealkylation sites (N-methyl/N-ethyl adjacent to an activating group) is 1. The Kier molecular flexibility index (Phi) is 3.53. The predicted molar refractivity (Wildman–Crippen MR) is 99.9 cm³/mol. The second-order valence-electron chi connectivity index (χ2n) is 8.25. The molecular formula is C21H30N2. The molecule has 0 unspecified atom stereocenters. The van der Waals surface area contributed by atoms with Gasteiger partial charge in [-0.3, -0.25) is 4.90 Å². The summed E-state index contributed by atoms with van der Waals surface area (Å²) in [6.07, 6.45) is 5.72. The van der Waals surface area contributed by atoms with Crippen molar-refractivity contribution in [3.8, 4) is 0 Å². The van der Waals surface area contributed by atoms with E-state index in [1.165, 1.54) is 11.3 Å². The van der Waals surface area contributed by atoms with Gasteiger partial charge in [-0.1, -0.05) is 44.2 Å². The van der Waals surface area contributed by atoms with Gasteiger partial charge >= 0.3 is 0 Å². The first-order chi connectivity index (χ1) is 10.7. The van der Waals surface area contributed by atoms with Crippen LogP contribution in [0, 0.1) is 5.41 Å². The number of anilines is 1. The van der Waals surface area contributed by atoms with Crippen LogP contribution in [0.25, 0.3) is 0 Å². The zero-order chi connectivity index (χ0) is 17.0. The van der Waals surface area contributed by atoms with Crippen molar-refractivity contribution < 1.29 is 0 Å². The summed E-state index contributed by atoms with van der Waals surface area (Å²) in [5.41, 5.74) is 2.81. The van der Waals surface area contributed by atoms with Crippen LogP contribution in [-0.4, -0.2) is 30.2 Å². The molecule has 2 nitrogen and oxygen atoms in total. The summed E-state index contributed by atoms with van der Waals surface area (Å²) in [5.74, 6) is 0. The molecule has 2 aliphatic rings. The molecule has 0 spiro atoms. The Hall–Kier alpha value is -1.54. The van der Waals surface area contributed by atoms with Crippen molar-refractivity contribution in [3.63, 3.8) is 0 Å². The minimum atomic E-state index is -0.0988. The highest BCUT2D eigenvalue weighted by Gasteiger charge is 2.63. The van der Waals surface area contributed by atoms with Gasteiger partial charge in [-0.25, -0.2) is 0 Å². The van der Waals surface area contributed by atoms with Crippen molar-refractivity contribution in [1.29, 1.82) is 0 Å². The highest BCUT2D eigenvalue weighted by Crippen LogP contribution is 2.61. The lowest BCUT2D eigenvalue weighted by Crippen LogP contribution is -2.59. The molecule has 0 radical (unpaired) electrons. The molecule has 0 bridgehead atoms. The molecule has 1 saturated heterocycles. The van der Waals surface area contributed by atoms with Crippen LogP contribution >= 0.6 is 0 Å². The average molecular weight is 310 g/mol. The van der Waals surface area contributed by atoms with Crippen LogP contribution in [0.1, 0.15) is 39.7 Å². The summed E-state index contributed by atoms with van der Waals surface area (Å²) in [7, 11) is 2.25. The third-order valence-corrected chi connectivity index (χ3v) is 6.39. The van der Waals surface area contributed by atoms with Gasteiger partial charge < -0.3 is 4.90 Å². The van der Waals surface area contributed by atoms with Gasteiger partial charge in [0.1, 0.15) is 0 Å². The normalized spacial score (nSPS) is 27.7. The van der Waals surface area contributed by atoms with E-state index in [4.69, 9.17) is 0 Å². The minimum Gasteiger partial charge on any atom is -0.346 e. The zero-order valence-electron chi connectivity index (χ0n) is 15.3. The van der Waals surface area contributed by atoms with Crippen LogP contribution in [0.15, 0.2) is 49.6 Å². The Morgan fingerprint density at radius 2 is 1.78 bits per heavy atom. The van der Waals surface area contributed by atoms with E-state index >= 15 is 0 Å². The molecule has 23 heavy (non-hydrogen) atoms. The van der Waals surface area contributed by atoms with Crippen LogP contribution in [0.4, 0.5) is 5.69 Å². The van der Waals surface area contributed by atoms with E-state index < -0.39 is 0 Å². The van der Waals surface area contributed by atoms with Gasteiger partial charge in [0.05, 0.1) is 11.7 Å². The van der Waals surface area contributed by atoms with Gasteiger partial charge in [0.2, 0.25) is 0 Å². The molecule has 124 valence electrons. The highest BCUT2D eigenvalue weighted by molar-refractivity contribution is 5.68. The maximum atomic E-state index is 4.18. The van der Waals surface area contributed by atoms with Crippen molar-refractivity contribution in [1.82, 2.24) is 4.90 Å². The van der Waals surface area contributed by atoms with Crippen LogP contribution in [0.3, 0.4) is 0 Å². The SMILES string of the molecule is C=CC(C)(C)N1c2ccccc2[C@]2(C(C)(C)C=C)CCN(C)[C@H]12. The van der Waals surface area contributed by atoms with Crippen LogP contribution in [0.5, 0.6) is 0 Å². The van der Waals surface area contributed by atoms with Gasteiger partial charge in [0, 0.05) is 17.6 Å². The molecule has 0 N–H and O–H groups in total. The lowest BCUT2D eigenvalue weighted by atomic mass is 9.60. The summed E-state index contributed by atoms with van der Waals surface area (Å²) >= 11 is 0. The molecule has 2 aliphatic heterocycles. The van der Waals surface area contributed by atoms with E-state index in [0.717, 1.165) is 13.0 Å². The van der Waals surface area contributed by atoms with Crippen molar-refractivity contribution in [3.05, 3.63) is 55.1 Å². The van der Waals surface area contributed by atoms with Gasteiger partial charge in [0.15, 0.2) is 0 Å². The summed E-state index contributed by atoms with van der Waals surface area (Å²) in [5, 5.41) is 0.